The van der Waals surface area contributed by atoms with Crippen molar-refractivity contribution in [2.24, 2.45) is 0 Å². The molecule has 1 amide bonds. The summed E-state index contributed by atoms with van der Waals surface area (Å²) in [6, 6.07) is 5.20. The highest BCUT2D eigenvalue weighted by molar-refractivity contribution is 6.31. The van der Waals surface area contributed by atoms with E-state index in [1.54, 1.807) is 32.2 Å². The Morgan fingerprint density at radius 3 is 2.95 bits per heavy atom. The first-order valence-corrected chi connectivity index (χ1v) is 6.11. The van der Waals surface area contributed by atoms with E-state index in [4.69, 9.17) is 25.6 Å². The second-order valence-corrected chi connectivity index (χ2v) is 4.41. The maximum Gasteiger partial charge on any atom is 0.310 e. The van der Waals surface area contributed by atoms with E-state index in [1.807, 2.05) is 0 Å². The number of hydroxylamine groups is 1. The molecule has 5 nitrogen and oxygen atoms in total. The monoisotopic (exact) mass is 283 g/mol. The maximum atomic E-state index is 11.9. The van der Waals surface area contributed by atoms with Crippen LogP contribution in [0.15, 0.2) is 22.6 Å². The van der Waals surface area contributed by atoms with Crippen LogP contribution >= 0.6 is 11.6 Å². The molecule has 0 atom stereocenters. The second kappa shape index (κ2) is 6.06. The van der Waals surface area contributed by atoms with Crippen LogP contribution in [0.5, 0.6) is 0 Å². The molecule has 0 unspecified atom stereocenters. The van der Waals surface area contributed by atoms with Crippen molar-refractivity contribution in [2.75, 3.05) is 20.3 Å². The average Bonchev–Trinajstić information content (AvgIpc) is 2.72. The van der Waals surface area contributed by atoms with Crippen LogP contribution in [-0.4, -0.2) is 26.2 Å². The Bertz CT molecular complexity index is 594. The zero-order valence-electron chi connectivity index (χ0n) is 10.7. The Labute approximate surface area is 115 Å². The number of carbonyl (C=O) groups is 1. The molecule has 6 heteroatoms. The van der Waals surface area contributed by atoms with Gasteiger partial charge in [-0.3, -0.25) is 9.63 Å². The third-order valence-electron chi connectivity index (χ3n) is 2.66. The molecule has 0 saturated carbocycles. The van der Waals surface area contributed by atoms with E-state index in [-0.39, 0.29) is 12.4 Å². The Balaban J connectivity index is 2.16. The van der Waals surface area contributed by atoms with Gasteiger partial charge in [-0.25, -0.2) is 5.48 Å². The molecule has 0 fully saturated rings. The Morgan fingerprint density at radius 1 is 1.42 bits per heavy atom. The Morgan fingerprint density at radius 2 is 2.21 bits per heavy atom. The average molecular weight is 284 g/mol. The molecule has 0 bridgehead atoms. The summed E-state index contributed by atoms with van der Waals surface area (Å²) in [4.78, 5) is 16.8. The largest absolute Gasteiger partial charge is 0.451 e. The third-order valence-corrected chi connectivity index (χ3v) is 2.89. The van der Waals surface area contributed by atoms with Gasteiger partial charge < -0.3 is 9.15 Å². The number of ether oxygens (including phenoxy) is 1. The number of hydrogen-bond donors (Lipinski definition) is 1. The van der Waals surface area contributed by atoms with Gasteiger partial charge >= 0.3 is 5.91 Å². The number of rotatable bonds is 5. The second-order valence-electron chi connectivity index (χ2n) is 3.97. The normalized spacial score (nSPS) is 10.9. The first-order valence-electron chi connectivity index (χ1n) is 5.73. The molecule has 0 aliphatic rings. The van der Waals surface area contributed by atoms with Crippen molar-refractivity contribution < 1.29 is 18.8 Å². The SMILES string of the molecule is COCCONC(=O)c1oc2ccc(Cl)cc2c1C. The number of aryl methyl sites for hydroxylation is 1. The van der Waals surface area contributed by atoms with Crippen molar-refractivity contribution in [2.45, 2.75) is 6.92 Å². The van der Waals surface area contributed by atoms with E-state index in [2.05, 4.69) is 5.48 Å². The van der Waals surface area contributed by atoms with Gasteiger partial charge in [0.25, 0.3) is 0 Å². The fourth-order valence-corrected chi connectivity index (χ4v) is 1.87. The van der Waals surface area contributed by atoms with Crippen LogP contribution in [0.2, 0.25) is 5.02 Å². The lowest BCUT2D eigenvalue weighted by Crippen LogP contribution is -2.25. The van der Waals surface area contributed by atoms with Crippen LogP contribution in [0, 0.1) is 6.92 Å². The van der Waals surface area contributed by atoms with E-state index >= 15 is 0 Å². The standard InChI is InChI=1S/C13H14ClNO4/c1-8-10-7-9(14)3-4-11(10)19-12(8)13(16)15-18-6-5-17-2/h3-4,7H,5-6H2,1-2H3,(H,15,16). The van der Waals surface area contributed by atoms with Crippen molar-refractivity contribution in [1.82, 2.24) is 5.48 Å². The van der Waals surface area contributed by atoms with E-state index in [9.17, 15) is 4.79 Å². The number of amides is 1. The number of halogens is 1. The zero-order chi connectivity index (χ0) is 13.8. The van der Waals surface area contributed by atoms with Gasteiger partial charge in [0.2, 0.25) is 0 Å². The number of methoxy groups -OCH3 is 1. The molecule has 2 rings (SSSR count). The minimum absolute atomic E-state index is 0.217. The van der Waals surface area contributed by atoms with Crippen LogP contribution in [0.3, 0.4) is 0 Å². The van der Waals surface area contributed by atoms with Gasteiger partial charge in [-0.2, -0.15) is 0 Å². The predicted octanol–water partition coefficient (Wildman–Crippen LogP) is 2.70. The molecule has 1 heterocycles. The summed E-state index contributed by atoms with van der Waals surface area (Å²) in [6.07, 6.45) is 0. The molecule has 0 aliphatic carbocycles. The lowest BCUT2D eigenvalue weighted by molar-refractivity contribution is 0.00738. The molecular weight excluding hydrogens is 270 g/mol. The molecule has 102 valence electrons. The van der Waals surface area contributed by atoms with Crippen LogP contribution in [0.4, 0.5) is 0 Å². The fraction of sp³-hybridized carbons (Fsp3) is 0.308. The molecule has 19 heavy (non-hydrogen) atoms. The molecule has 0 radical (unpaired) electrons. The van der Waals surface area contributed by atoms with Crippen molar-refractivity contribution in [1.29, 1.82) is 0 Å². The Kier molecular flexibility index (Phi) is 4.42. The first kappa shape index (κ1) is 13.9. The van der Waals surface area contributed by atoms with Crippen molar-refractivity contribution in [3.63, 3.8) is 0 Å². The fourth-order valence-electron chi connectivity index (χ4n) is 1.70. The van der Waals surface area contributed by atoms with E-state index in [1.165, 1.54) is 0 Å². The summed E-state index contributed by atoms with van der Waals surface area (Å²) in [7, 11) is 1.55. The molecule has 2 aromatic rings. The van der Waals surface area contributed by atoms with E-state index in [0.717, 1.165) is 10.9 Å². The summed E-state index contributed by atoms with van der Waals surface area (Å²) in [6.45, 7) is 2.47. The first-order chi connectivity index (χ1) is 9.13. The zero-order valence-corrected chi connectivity index (χ0v) is 11.4. The molecule has 1 aromatic carbocycles. The highest BCUT2D eigenvalue weighted by Crippen LogP contribution is 2.27. The van der Waals surface area contributed by atoms with Crippen molar-refractivity contribution in [3.05, 3.63) is 34.5 Å². The number of furan rings is 1. The molecule has 0 aliphatic heterocycles. The summed E-state index contributed by atoms with van der Waals surface area (Å²) in [5.41, 5.74) is 3.65. The lowest BCUT2D eigenvalue weighted by Gasteiger charge is -2.03. The molecule has 1 N–H and O–H groups in total. The van der Waals surface area contributed by atoms with Crippen molar-refractivity contribution >= 4 is 28.5 Å². The van der Waals surface area contributed by atoms with Crippen molar-refractivity contribution in [3.8, 4) is 0 Å². The molecular formula is C13H14ClNO4. The molecule has 0 spiro atoms. The van der Waals surface area contributed by atoms with Gasteiger partial charge in [0.05, 0.1) is 13.2 Å². The minimum Gasteiger partial charge on any atom is -0.451 e. The molecule has 1 aromatic heterocycles. The summed E-state index contributed by atoms with van der Waals surface area (Å²) in [5.74, 6) is -0.212. The summed E-state index contributed by atoms with van der Waals surface area (Å²) in [5, 5.41) is 1.41. The van der Waals surface area contributed by atoms with Crippen LogP contribution in [0.25, 0.3) is 11.0 Å². The highest BCUT2D eigenvalue weighted by Gasteiger charge is 2.17. The van der Waals surface area contributed by atoms with Crippen LogP contribution < -0.4 is 5.48 Å². The van der Waals surface area contributed by atoms with E-state index < -0.39 is 5.91 Å². The summed E-state index contributed by atoms with van der Waals surface area (Å²) < 4.78 is 10.3. The quantitative estimate of drug-likeness (QED) is 0.677. The lowest BCUT2D eigenvalue weighted by atomic mass is 10.1. The van der Waals surface area contributed by atoms with Gasteiger partial charge in [-0.15, -0.1) is 0 Å². The third kappa shape index (κ3) is 3.07. The topological polar surface area (TPSA) is 60.7 Å². The van der Waals surface area contributed by atoms with Gasteiger partial charge in [-0.1, -0.05) is 11.6 Å². The van der Waals surface area contributed by atoms with E-state index in [0.29, 0.717) is 17.2 Å². The van der Waals surface area contributed by atoms with Gasteiger partial charge in [0, 0.05) is 23.1 Å². The summed E-state index contributed by atoms with van der Waals surface area (Å²) >= 11 is 5.92. The van der Waals surface area contributed by atoms with Gasteiger partial charge in [0.1, 0.15) is 5.58 Å². The highest BCUT2D eigenvalue weighted by atomic mass is 35.5. The van der Waals surface area contributed by atoms with Gasteiger partial charge in [0.15, 0.2) is 5.76 Å². The van der Waals surface area contributed by atoms with Crippen LogP contribution in [-0.2, 0) is 9.57 Å². The number of nitrogens with one attached hydrogen (secondary N) is 1. The molecule has 0 saturated heterocycles. The smallest absolute Gasteiger partial charge is 0.310 e. The number of benzene rings is 1. The predicted molar refractivity (Wildman–Crippen MR) is 71.3 cm³/mol. The Hall–Kier alpha value is -1.56. The minimum atomic E-state index is -0.430. The number of fused-ring (bicyclic) bond motifs is 1. The number of carbonyl (C=O) groups excluding carboxylic acids is 1. The maximum absolute atomic E-state index is 11.9. The van der Waals surface area contributed by atoms with Crippen LogP contribution in [0.1, 0.15) is 16.1 Å². The van der Waals surface area contributed by atoms with Gasteiger partial charge in [-0.05, 0) is 25.1 Å². The number of hydrogen-bond acceptors (Lipinski definition) is 4.